The molecule has 1 amide bonds. The molecule has 3 aliphatic heterocycles. The zero-order chi connectivity index (χ0) is 42.4. The van der Waals surface area contributed by atoms with E-state index in [1.165, 1.54) is 10.5 Å². The molecule has 1 aromatic heterocycles. The van der Waals surface area contributed by atoms with Crippen molar-refractivity contribution in [3.05, 3.63) is 150 Å². The maximum atomic E-state index is 14.2. The van der Waals surface area contributed by atoms with Gasteiger partial charge in [-0.05, 0) is 96.0 Å². The van der Waals surface area contributed by atoms with Crippen LogP contribution in [0.3, 0.4) is 0 Å². The Morgan fingerprint density at radius 3 is 2.18 bits per heavy atom. The van der Waals surface area contributed by atoms with Crippen LogP contribution in [0.2, 0.25) is 0 Å². The van der Waals surface area contributed by atoms with Crippen LogP contribution in [0.5, 0.6) is 0 Å². The van der Waals surface area contributed by atoms with Crippen molar-refractivity contribution >= 4 is 91.5 Å². The van der Waals surface area contributed by atoms with Crippen molar-refractivity contribution in [3.8, 4) is 0 Å². The first kappa shape index (κ1) is 40.7. The Morgan fingerprint density at radius 1 is 0.885 bits per heavy atom. The maximum absolute atomic E-state index is 14.2. The molecule has 3 fully saturated rings. The molecule has 0 radical (unpaired) electrons. The number of anilines is 2. The van der Waals surface area contributed by atoms with Gasteiger partial charge in [-0.15, -0.1) is 11.3 Å². The summed E-state index contributed by atoms with van der Waals surface area (Å²) in [6.07, 6.45) is 6.92. The molecule has 3 unspecified atom stereocenters. The summed E-state index contributed by atoms with van der Waals surface area (Å²) in [5.74, 6) is -2.56. The van der Waals surface area contributed by atoms with Crippen LogP contribution in [0.15, 0.2) is 108 Å². The van der Waals surface area contributed by atoms with E-state index in [1.807, 2.05) is 18.2 Å². The number of carboxylic acids is 2. The number of nitrogens with zero attached hydrogens (tertiary/aromatic N) is 3. The van der Waals surface area contributed by atoms with E-state index in [2.05, 4.69) is 107 Å². The third-order valence-corrected chi connectivity index (χ3v) is 14.7. The fourth-order valence-electron chi connectivity index (χ4n) is 9.25. The molecule has 1 saturated carbocycles. The fraction of sp³-hybridized carbons (Fsp3) is 0.255. The van der Waals surface area contributed by atoms with Gasteiger partial charge < -0.3 is 15.1 Å². The number of benzene rings is 4. The summed E-state index contributed by atoms with van der Waals surface area (Å²) in [6, 6.07) is 36.1. The number of aromatic nitrogens is 1. The Bertz CT molecular complexity index is 2740. The minimum absolute atomic E-state index is 0.107. The molecule has 11 nitrogen and oxygen atoms in total. The lowest BCUT2D eigenvalue weighted by molar-refractivity contribution is -0.141. The zero-order valence-corrected chi connectivity index (χ0v) is 35.7. The van der Waals surface area contributed by atoms with Crippen LogP contribution in [-0.4, -0.2) is 66.3 Å². The van der Waals surface area contributed by atoms with Crippen molar-refractivity contribution in [3.63, 3.8) is 0 Å². The molecular formula is C47H43N5O6S3. The molecule has 2 saturated heterocycles. The Kier molecular flexibility index (Phi) is 11.1. The summed E-state index contributed by atoms with van der Waals surface area (Å²) in [5.41, 5.74) is 7.11. The second-order valence-electron chi connectivity index (χ2n) is 16.1. The SMILES string of the molecule is CC(CC(=O)O)(CC1NCN1)N1C(=O)/C(=c2\s/c(=C\c3ccc4c(c3)C3CCCC3N4c3ccc(C=C(c4ccccc4)c4ccccc4)cc3)c(=O)n2CC(=O)O)SC1=S. The van der Waals surface area contributed by atoms with Crippen LogP contribution in [0.1, 0.15) is 72.8 Å². The van der Waals surface area contributed by atoms with Gasteiger partial charge in [-0.25, -0.2) is 0 Å². The van der Waals surface area contributed by atoms with Gasteiger partial charge in [-0.1, -0.05) is 109 Å². The number of aliphatic carboxylic acids is 2. The largest absolute Gasteiger partial charge is 0.481 e. The lowest BCUT2D eigenvalue weighted by Crippen LogP contribution is -2.64. The zero-order valence-electron chi connectivity index (χ0n) is 33.2. The Morgan fingerprint density at radius 2 is 1.56 bits per heavy atom. The standard InChI is InChI=1S/C47H43N5O6S3/c1-47(25-40(53)54,24-39-48-27-49-39)52-44(58)42(61-46(52)59)45-50(26-41(55)56)43(57)38(60-45)23-29-17-20-37-35(22-29)33-13-8-14-36(33)51(37)32-18-15-28(16-19-32)21-34(30-9-4-2-5-10-30)31-11-6-3-7-12-31/h2-7,9-12,15-23,33,36,39,48-49H,8,13-14,24-27H2,1H3,(H,53,54)(H,55,56)/b38-23-,45-42+. The molecule has 0 bridgehead atoms. The number of nitrogens with one attached hydrogen (secondary N) is 2. The molecule has 3 atom stereocenters. The fourth-order valence-corrected chi connectivity index (χ4v) is 12.0. The second-order valence-corrected chi connectivity index (χ2v) is 18.8. The number of hydrogen-bond acceptors (Lipinski definition) is 10. The summed E-state index contributed by atoms with van der Waals surface area (Å²) in [6.45, 7) is 1.60. The van der Waals surface area contributed by atoms with E-state index in [0.29, 0.717) is 18.6 Å². The quantitative estimate of drug-likeness (QED) is 0.0833. The van der Waals surface area contributed by atoms with Crippen molar-refractivity contribution in [1.29, 1.82) is 0 Å². The number of rotatable bonds is 12. The van der Waals surface area contributed by atoms with Crippen LogP contribution < -0.4 is 30.3 Å². The molecular weight excluding hydrogens is 827 g/mol. The summed E-state index contributed by atoms with van der Waals surface area (Å²) in [7, 11) is 0. The highest BCUT2D eigenvalue weighted by Gasteiger charge is 2.48. The van der Waals surface area contributed by atoms with E-state index in [-0.39, 0.29) is 37.4 Å². The highest BCUT2D eigenvalue weighted by atomic mass is 32.2. The Balaban J connectivity index is 1.05. The Hall–Kier alpha value is -5.64. The van der Waals surface area contributed by atoms with E-state index >= 15 is 0 Å². The van der Waals surface area contributed by atoms with E-state index in [1.54, 1.807) is 13.0 Å². The number of thiocarbonyl (C=S) groups is 1. The smallest absolute Gasteiger partial charge is 0.323 e. The first-order chi connectivity index (χ1) is 29.5. The van der Waals surface area contributed by atoms with E-state index in [4.69, 9.17) is 12.2 Å². The van der Waals surface area contributed by atoms with Crippen LogP contribution in [0.25, 0.3) is 22.6 Å². The molecule has 61 heavy (non-hydrogen) atoms. The van der Waals surface area contributed by atoms with Gasteiger partial charge in [0, 0.05) is 30.0 Å². The average molecular weight is 870 g/mol. The topological polar surface area (TPSA) is 144 Å². The predicted molar refractivity (Wildman–Crippen MR) is 245 cm³/mol. The van der Waals surface area contributed by atoms with Crippen LogP contribution in [-0.2, 0) is 20.9 Å². The number of amides is 1. The molecule has 310 valence electrons. The molecule has 5 aromatic rings. The van der Waals surface area contributed by atoms with E-state index in [0.717, 1.165) is 86.1 Å². The van der Waals surface area contributed by atoms with Gasteiger partial charge in [0.1, 0.15) is 20.4 Å². The molecule has 14 heteroatoms. The lowest BCUT2D eigenvalue weighted by atomic mass is 9.89. The van der Waals surface area contributed by atoms with Crippen LogP contribution >= 0.6 is 35.3 Å². The van der Waals surface area contributed by atoms with Gasteiger partial charge >= 0.3 is 11.9 Å². The van der Waals surface area contributed by atoms with Crippen molar-refractivity contribution in [1.82, 2.24) is 20.1 Å². The number of thioether (sulfide) groups is 1. The van der Waals surface area contributed by atoms with Crippen molar-refractivity contribution in [2.45, 2.75) is 69.2 Å². The van der Waals surface area contributed by atoms with Crippen molar-refractivity contribution in [2.75, 3.05) is 11.6 Å². The van der Waals surface area contributed by atoms with Gasteiger partial charge in [0.15, 0.2) is 0 Å². The summed E-state index contributed by atoms with van der Waals surface area (Å²) >= 11 is 7.67. The molecule has 9 rings (SSSR count). The van der Waals surface area contributed by atoms with Gasteiger partial charge in [0.05, 0.1) is 22.7 Å². The molecule has 4 N–H and O–H groups in total. The molecule has 4 aliphatic rings. The molecule has 4 heterocycles. The molecule has 1 aliphatic carbocycles. The normalized spacial score (nSPS) is 20.6. The number of thiazole rings is 1. The summed E-state index contributed by atoms with van der Waals surface area (Å²) in [4.78, 5) is 56.2. The van der Waals surface area contributed by atoms with Crippen molar-refractivity contribution < 1.29 is 24.6 Å². The van der Waals surface area contributed by atoms with Crippen molar-refractivity contribution in [2.24, 2.45) is 0 Å². The lowest BCUT2D eigenvalue weighted by Gasteiger charge is -2.42. The Labute approximate surface area is 365 Å². The first-order valence-electron chi connectivity index (χ1n) is 20.3. The third kappa shape index (κ3) is 7.90. The maximum Gasteiger partial charge on any atom is 0.323 e. The third-order valence-electron chi connectivity index (χ3n) is 12.0. The number of carbonyl (C=O) groups is 3. The second kappa shape index (κ2) is 16.7. The highest BCUT2D eigenvalue weighted by molar-refractivity contribution is 8.30. The molecule has 4 aromatic carbocycles. The van der Waals surface area contributed by atoms with Gasteiger partial charge in [-0.3, -0.25) is 39.3 Å². The minimum atomic E-state index is -1.23. The highest BCUT2D eigenvalue weighted by Crippen LogP contribution is 2.52. The number of carbonyl (C=O) groups excluding carboxylic acids is 1. The number of carboxylic acid groups (broad SMARTS) is 2. The van der Waals surface area contributed by atoms with Gasteiger partial charge in [0.2, 0.25) is 0 Å². The van der Waals surface area contributed by atoms with Gasteiger partial charge in [0.25, 0.3) is 11.5 Å². The number of fused-ring (bicyclic) bond motifs is 3. The summed E-state index contributed by atoms with van der Waals surface area (Å²) < 4.78 is 1.72. The van der Waals surface area contributed by atoms with E-state index < -0.39 is 35.5 Å². The van der Waals surface area contributed by atoms with Crippen LogP contribution in [0.4, 0.5) is 11.4 Å². The average Bonchev–Trinajstić information content (AvgIpc) is 3.98. The molecule has 0 spiro atoms. The monoisotopic (exact) mass is 869 g/mol. The van der Waals surface area contributed by atoms with E-state index in [9.17, 15) is 29.4 Å². The van der Waals surface area contributed by atoms with Crippen LogP contribution in [0, 0.1) is 0 Å². The van der Waals surface area contributed by atoms with Gasteiger partial charge in [-0.2, -0.15) is 0 Å². The first-order valence-corrected chi connectivity index (χ1v) is 22.3. The minimum Gasteiger partial charge on any atom is -0.481 e. The number of hydrogen-bond donors (Lipinski definition) is 4. The summed E-state index contributed by atoms with van der Waals surface area (Å²) in [5, 5.41) is 26.0. The predicted octanol–water partition coefficient (Wildman–Crippen LogP) is 6.27.